The third kappa shape index (κ3) is 3.29. The lowest BCUT2D eigenvalue weighted by Crippen LogP contribution is -2.40. The van der Waals surface area contributed by atoms with Crippen molar-refractivity contribution < 1.29 is 13.6 Å². The van der Waals surface area contributed by atoms with E-state index in [1.54, 1.807) is 29.2 Å². The summed E-state index contributed by atoms with van der Waals surface area (Å²) >= 11 is 1.44. The summed E-state index contributed by atoms with van der Waals surface area (Å²) in [6.45, 7) is 2.16. The van der Waals surface area contributed by atoms with E-state index in [1.807, 2.05) is 0 Å². The van der Waals surface area contributed by atoms with Crippen LogP contribution >= 0.6 is 11.8 Å². The zero-order valence-corrected chi connectivity index (χ0v) is 17.3. The Balaban J connectivity index is 1.67. The van der Waals surface area contributed by atoms with E-state index in [0.717, 1.165) is 40.8 Å². The van der Waals surface area contributed by atoms with Crippen molar-refractivity contribution in [1.82, 2.24) is 4.90 Å². The van der Waals surface area contributed by atoms with Crippen LogP contribution in [0.25, 0.3) is 6.08 Å². The topological polar surface area (TPSA) is 32.7 Å². The van der Waals surface area contributed by atoms with Gasteiger partial charge in [0.15, 0.2) is 5.17 Å². The number of benzene rings is 2. The number of hydrogen-bond donors (Lipinski definition) is 0. The van der Waals surface area contributed by atoms with Gasteiger partial charge in [-0.3, -0.25) is 9.69 Å². The minimum atomic E-state index is -0.298. The van der Waals surface area contributed by atoms with Crippen LogP contribution in [0.5, 0.6) is 0 Å². The smallest absolute Gasteiger partial charge is 0.239 e. The van der Waals surface area contributed by atoms with Gasteiger partial charge in [-0.1, -0.05) is 43.0 Å². The SMILES string of the molecule is CC1CC/C(=C/c2ccc(F)cc2)C2=C1C(c1ccc(F)cc1)N1C(=O)CSC1=N2. The quantitative estimate of drug-likeness (QED) is 0.620. The van der Waals surface area contributed by atoms with Crippen molar-refractivity contribution >= 4 is 28.9 Å². The van der Waals surface area contributed by atoms with Crippen LogP contribution in [-0.2, 0) is 4.79 Å². The number of carbonyl (C=O) groups excluding carboxylic acids is 1. The maximum absolute atomic E-state index is 13.6. The van der Waals surface area contributed by atoms with E-state index >= 15 is 0 Å². The Morgan fingerprint density at radius 2 is 1.73 bits per heavy atom. The van der Waals surface area contributed by atoms with Gasteiger partial charge in [0, 0.05) is 0 Å². The third-order valence-electron chi connectivity index (χ3n) is 5.91. The van der Waals surface area contributed by atoms with Crippen LogP contribution in [-0.4, -0.2) is 21.7 Å². The summed E-state index contributed by atoms with van der Waals surface area (Å²) in [5, 5.41) is 0.701. The van der Waals surface area contributed by atoms with E-state index in [2.05, 4.69) is 13.0 Å². The van der Waals surface area contributed by atoms with Gasteiger partial charge in [-0.25, -0.2) is 13.8 Å². The first-order chi connectivity index (χ1) is 14.5. The summed E-state index contributed by atoms with van der Waals surface area (Å²) in [6, 6.07) is 12.5. The Kier molecular flexibility index (Phi) is 4.82. The summed E-state index contributed by atoms with van der Waals surface area (Å²) < 4.78 is 26.9. The molecular formula is C24H20F2N2OS. The average Bonchev–Trinajstić information content (AvgIpc) is 3.12. The molecule has 0 saturated carbocycles. The molecule has 3 aliphatic rings. The Bertz CT molecular complexity index is 1100. The molecule has 2 aliphatic heterocycles. The Morgan fingerprint density at radius 3 is 2.43 bits per heavy atom. The molecule has 1 aliphatic carbocycles. The second-order valence-electron chi connectivity index (χ2n) is 7.87. The summed E-state index contributed by atoms with van der Waals surface area (Å²) in [5.74, 6) is 0.0710. The number of allylic oxidation sites excluding steroid dienone is 1. The van der Waals surface area contributed by atoms with Gasteiger partial charge in [-0.2, -0.15) is 0 Å². The molecule has 6 heteroatoms. The van der Waals surface area contributed by atoms with E-state index in [4.69, 9.17) is 4.99 Å². The molecule has 2 unspecified atom stereocenters. The highest BCUT2D eigenvalue weighted by atomic mass is 32.2. The minimum Gasteiger partial charge on any atom is -0.279 e. The summed E-state index contributed by atoms with van der Waals surface area (Å²) in [6.07, 6.45) is 3.86. The number of fused-ring (bicyclic) bond motifs is 1. The number of halogens is 2. The van der Waals surface area contributed by atoms with Crippen LogP contribution in [0, 0.1) is 17.6 Å². The predicted molar refractivity (Wildman–Crippen MR) is 116 cm³/mol. The molecule has 2 aromatic rings. The molecule has 0 spiro atoms. The lowest BCUT2D eigenvalue weighted by molar-refractivity contribution is -0.125. The van der Waals surface area contributed by atoms with Crippen molar-refractivity contribution in [3.8, 4) is 0 Å². The number of carbonyl (C=O) groups is 1. The Hall–Kier alpha value is -2.73. The zero-order valence-electron chi connectivity index (χ0n) is 16.4. The monoisotopic (exact) mass is 422 g/mol. The van der Waals surface area contributed by atoms with E-state index in [0.29, 0.717) is 10.9 Å². The largest absolute Gasteiger partial charge is 0.279 e. The Labute approximate surface area is 178 Å². The lowest BCUT2D eigenvalue weighted by Gasteiger charge is -2.40. The first kappa shape index (κ1) is 19.2. The van der Waals surface area contributed by atoms with Gasteiger partial charge in [-0.05, 0) is 71.4 Å². The van der Waals surface area contributed by atoms with Crippen molar-refractivity contribution in [3.63, 3.8) is 0 Å². The number of hydrogen-bond acceptors (Lipinski definition) is 3. The van der Waals surface area contributed by atoms with Crippen molar-refractivity contribution in [2.45, 2.75) is 25.8 Å². The van der Waals surface area contributed by atoms with Crippen LogP contribution in [0.4, 0.5) is 8.78 Å². The van der Waals surface area contributed by atoms with Crippen LogP contribution in [0.1, 0.15) is 36.9 Å². The second-order valence-corrected chi connectivity index (χ2v) is 8.81. The van der Waals surface area contributed by atoms with E-state index in [9.17, 15) is 13.6 Å². The van der Waals surface area contributed by atoms with Gasteiger partial charge in [0.2, 0.25) is 5.91 Å². The second kappa shape index (κ2) is 7.51. The highest BCUT2D eigenvalue weighted by molar-refractivity contribution is 8.15. The fourth-order valence-electron chi connectivity index (χ4n) is 4.42. The van der Waals surface area contributed by atoms with Gasteiger partial charge in [-0.15, -0.1) is 0 Å². The van der Waals surface area contributed by atoms with E-state index < -0.39 is 0 Å². The summed E-state index contributed by atoms with van der Waals surface area (Å²) in [5.41, 5.74) is 4.92. The van der Waals surface area contributed by atoms with Crippen LogP contribution in [0.3, 0.4) is 0 Å². The molecule has 2 aromatic carbocycles. The fourth-order valence-corrected chi connectivity index (χ4v) is 5.32. The fraction of sp³-hybridized carbons (Fsp3) is 0.250. The van der Waals surface area contributed by atoms with Crippen molar-refractivity contribution in [1.29, 1.82) is 0 Å². The van der Waals surface area contributed by atoms with Crippen molar-refractivity contribution in [2.24, 2.45) is 10.9 Å². The first-order valence-electron chi connectivity index (χ1n) is 10.0. The summed E-state index contributed by atoms with van der Waals surface area (Å²) in [7, 11) is 0. The normalized spacial score (nSPS) is 24.8. The third-order valence-corrected chi connectivity index (χ3v) is 6.85. The molecule has 1 amide bonds. The van der Waals surface area contributed by atoms with Crippen LogP contribution in [0.15, 0.2) is 70.4 Å². The molecular weight excluding hydrogens is 402 g/mol. The molecule has 1 fully saturated rings. The van der Waals surface area contributed by atoms with Crippen LogP contribution < -0.4 is 0 Å². The van der Waals surface area contributed by atoms with Crippen molar-refractivity contribution in [3.05, 3.63) is 88.1 Å². The van der Waals surface area contributed by atoms with Gasteiger partial charge in [0.1, 0.15) is 11.6 Å². The molecule has 5 rings (SSSR count). The van der Waals surface area contributed by atoms with Crippen molar-refractivity contribution in [2.75, 3.05) is 5.75 Å². The maximum atomic E-state index is 13.6. The number of nitrogens with zero attached hydrogens (tertiary/aromatic N) is 2. The predicted octanol–water partition coefficient (Wildman–Crippen LogP) is 5.72. The van der Waals surface area contributed by atoms with Crippen LogP contribution in [0.2, 0.25) is 0 Å². The number of amides is 1. The molecule has 2 atom stereocenters. The molecule has 3 nitrogen and oxygen atoms in total. The molecule has 0 radical (unpaired) electrons. The average molecular weight is 423 g/mol. The molecule has 0 bridgehead atoms. The highest BCUT2D eigenvalue weighted by Gasteiger charge is 2.44. The molecule has 0 N–H and O–H groups in total. The molecule has 30 heavy (non-hydrogen) atoms. The number of rotatable bonds is 2. The minimum absolute atomic E-state index is 0.0291. The highest BCUT2D eigenvalue weighted by Crippen LogP contribution is 2.49. The molecule has 1 saturated heterocycles. The lowest BCUT2D eigenvalue weighted by atomic mass is 9.77. The Morgan fingerprint density at radius 1 is 1.07 bits per heavy atom. The molecule has 152 valence electrons. The number of aliphatic imine (C=N–C) groups is 1. The number of amidine groups is 1. The maximum Gasteiger partial charge on any atom is 0.239 e. The summed E-state index contributed by atoms with van der Waals surface area (Å²) in [4.78, 5) is 19.4. The zero-order chi connectivity index (χ0) is 20.8. The van der Waals surface area contributed by atoms with Gasteiger partial charge in [0.25, 0.3) is 0 Å². The van der Waals surface area contributed by atoms with E-state index in [1.165, 1.54) is 36.0 Å². The number of thioether (sulfide) groups is 1. The molecule has 2 heterocycles. The van der Waals surface area contributed by atoms with Gasteiger partial charge >= 0.3 is 0 Å². The molecule has 0 aromatic heterocycles. The van der Waals surface area contributed by atoms with E-state index in [-0.39, 0.29) is 29.5 Å². The first-order valence-corrected chi connectivity index (χ1v) is 11.0. The van der Waals surface area contributed by atoms with Gasteiger partial charge < -0.3 is 0 Å². The van der Waals surface area contributed by atoms with Gasteiger partial charge in [0.05, 0.1) is 17.5 Å². The standard InChI is InChI=1S/C24H20F2N2OS/c1-14-2-5-17(12-15-3-8-18(25)9-4-15)22-21(14)23(16-6-10-19(26)11-7-16)28-20(29)13-30-24(28)27-22/h3-4,6-12,14,23H,2,5,13H2,1H3/b17-12-.